The Morgan fingerprint density at radius 2 is 1.79 bits per heavy atom. The number of rotatable bonds is 4. The van der Waals surface area contributed by atoms with E-state index in [1.807, 2.05) is 0 Å². The molecule has 1 aliphatic carbocycles. The first-order valence-electron chi connectivity index (χ1n) is 7.45. The van der Waals surface area contributed by atoms with Crippen molar-refractivity contribution in [3.05, 3.63) is 0 Å². The van der Waals surface area contributed by atoms with E-state index >= 15 is 0 Å². The molecule has 0 amide bonds. The van der Waals surface area contributed by atoms with Crippen LogP contribution in [0.2, 0.25) is 0 Å². The molecular weight excluding hydrogens is 253 g/mol. The highest BCUT2D eigenvalue weighted by molar-refractivity contribution is 4.81. The Hall–Kier alpha value is -0.290. The summed E-state index contributed by atoms with van der Waals surface area (Å²) in [6, 6.07) is 0.417. The molecule has 2 aliphatic rings. The molecule has 5 heteroatoms. The van der Waals surface area contributed by atoms with Crippen LogP contribution in [0, 0.1) is 11.8 Å². The highest BCUT2D eigenvalue weighted by atomic mass is 19.4. The SMILES string of the molecule is CC1CCC(CNC2CCN(CC(F)(F)F)CC2)C1. The lowest BCUT2D eigenvalue weighted by atomic mass is 10.0. The third-order valence-corrected chi connectivity index (χ3v) is 4.49. The molecule has 2 nitrogen and oxygen atoms in total. The summed E-state index contributed by atoms with van der Waals surface area (Å²) in [5.74, 6) is 1.63. The fourth-order valence-corrected chi connectivity index (χ4v) is 3.39. The second kappa shape index (κ2) is 6.44. The fraction of sp³-hybridized carbons (Fsp3) is 1.00. The molecule has 2 atom stereocenters. The quantitative estimate of drug-likeness (QED) is 0.850. The van der Waals surface area contributed by atoms with Crippen molar-refractivity contribution in [1.82, 2.24) is 10.2 Å². The van der Waals surface area contributed by atoms with Gasteiger partial charge >= 0.3 is 6.18 Å². The number of hydrogen-bond acceptors (Lipinski definition) is 2. The van der Waals surface area contributed by atoms with Crippen LogP contribution in [-0.2, 0) is 0 Å². The van der Waals surface area contributed by atoms with E-state index < -0.39 is 12.7 Å². The maximum Gasteiger partial charge on any atom is 0.401 e. The van der Waals surface area contributed by atoms with Crippen LogP contribution in [-0.4, -0.2) is 43.3 Å². The standard InChI is InChI=1S/C14H25F3N2/c1-11-2-3-12(8-11)9-18-13-4-6-19(7-5-13)10-14(15,16)17/h11-13,18H,2-10H2,1H3. The third-order valence-electron chi connectivity index (χ3n) is 4.49. The van der Waals surface area contributed by atoms with Crippen molar-refractivity contribution in [2.24, 2.45) is 11.8 Å². The zero-order valence-corrected chi connectivity index (χ0v) is 11.7. The fourth-order valence-electron chi connectivity index (χ4n) is 3.39. The van der Waals surface area contributed by atoms with Gasteiger partial charge in [-0.1, -0.05) is 13.3 Å². The molecule has 0 aromatic carbocycles. The van der Waals surface area contributed by atoms with Crippen molar-refractivity contribution in [2.75, 3.05) is 26.2 Å². The Morgan fingerprint density at radius 1 is 1.11 bits per heavy atom. The molecule has 1 aliphatic heterocycles. The normalized spacial score (nSPS) is 30.9. The molecule has 0 spiro atoms. The molecule has 1 N–H and O–H groups in total. The van der Waals surface area contributed by atoms with E-state index in [1.54, 1.807) is 0 Å². The molecule has 0 bridgehead atoms. The van der Waals surface area contributed by atoms with Gasteiger partial charge in [-0.15, -0.1) is 0 Å². The van der Waals surface area contributed by atoms with Gasteiger partial charge in [0.25, 0.3) is 0 Å². The van der Waals surface area contributed by atoms with Gasteiger partial charge in [0.05, 0.1) is 6.54 Å². The topological polar surface area (TPSA) is 15.3 Å². The predicted molar refractivity (Wildman–Crippen MR) is 70.0 cm³/mol. The van der Waals surface area contributed by atoms with Crippen molar-refractivity contribution in [1.29, 1.82) is 0 Å². The third kappa shape index (κ3) is 5.30. The lowest BCUT2D eigenvalue weighted by molar-refractivity contribution is -0.148. The van der Waals surface area contributed by atoms with Crippen LogP contribution in [0.1, 0.15) is 39.0 Å². The van der Waals surface area contributed by atoms with Gasteiger partial charge in [-0.05, 0) is 57.2 Å². The van der Waals surface area contributed by atoms with Gasteiger partial charge in [-0.25, -0.2) is 0 Å². The van der Waals surface area contributed by atoms with Crippen LogP contribution in [0.3, 0.4) is 0 Å². The first kappa shape index (κ1) is 15.1. The van der Waals surface area contributed by atoms with E-state index in [1.165, 1.54) is 24.2 Å². The predicted octanol–water partition coefficient (Wildman–Crippen LogP) is 3.04. The number of nitrogens with zero attached hydrogens (tertiary/aromatic N) is 1. The average molecular weight is 278 g/mol. The van der Waals surface area contributed by atoms with E-state index in [2.05, 4.69) is 12.2 Å². The van der Waals surface area contributed by atoms with E-state index in [-0.39, 0.29) is 0 Å². The van der Waals surface area contributed by atoms with E-state index in [4.69, 9.17) is 0 Å². The number of alkyl halides is 3. The summed E-state index contributed by atoms with van der Waals surface area (Å²) in [5.41, 5.74) is 0. The van der Waals surface area contributed by atoms with Crippen molar-refractivity contribution in [3.8, 4) is 0 Å². The van der Waals surface area contributed by atoms with Gasteiger partial charge in [0.15, 0.2) is 0 Å². The molecule has 2 fully saturated rings. The number of nitrogens with one attached hydrogen (secondary N) is 1. The average Bonchev–Trinajstić information content (AvgIpc) is 2.72. The van der Waals surface area contributed by atoms with E-state index in [0.717, 1.165) is 31.2 Å². The Labute approximate surface area is 113 Å². The largest absolute Gasteiger partial charge is 0.401 e. The molecule has 1 saturated heterocycles. The van der Waals surface area contributed by atoms with Gasteiger partial charge < -0.3 is 5.32 Å². The molecule has 112 valence electrons. The number of hydrogen-bond donors (Lipinski definition) is 1. The minimum Gasteiger partial charge on any atom is -0.314 e. The molecule has 0 radical (unpaired) electrons. The summed E-state index contributed by atoms with van der Waals surface area (Å²) in [5, 5.41) is 3.56. The molecule has 1 saturated carbocycles. The number of piperidine rings is 1. The summed E-state index contributed by atoms with van der Waals surface area (Å²) in [4.78, 5) is 1.52. The first-order valence-corrected chi connectivity index (χ1v) is 7.45. The van der Waals surface area contributed by atoms with Crippen molar-refractivity contribution < 1.29 is 13.2 Å². The minimum atomic E-state index is -4.06. The van der Waals surface area contributed by atoms with Gasteiger partial charge in [0.1, 0.15) is 0 Å². The number of halogens is 3. The smallest absolute Gasteiger partial charge is 0.314 e. The molecule has 2 rings (SSSR count). The first-order chi connectivity index (χ1) is 8.92. The second-order valence-corrected chi connectivity index (χ2v) is 6.36. The summed E-state index contributed by atoms with van der Waals surface area (Å²) in [7, 11) is 0. The van der Waals surface area contributed by atoms with Crippen molar-refractivity contribution in [2.45, 2.75) is 51.2 Å². The Bertz CT molecular complexity index is 272. The summed E-state index contributed by atoms with van der Waals surface area (Å²) in [6.07, 6.45) is 1.58. The van der Waals surface area contributed by atoms with Gasteiger partial charge in [0, 0.05) is 6.04 Å². The van der Waals surface area contributed by atoms with Crippen LogP contribution in [0.4, 0.5) is 13.2 Å². The zero-order chi connectivity index (χ0) is 13.9. The Kier molecular flexibility index (Phi) is 5.12. The maximum absolute atomic E-state index is 12.3. The molecule has 19 heavy (non-hydrogen) atoms. The number of likely N-dealkylation sites (tertiary alicyclic amines) is 1. The van der Waals surface area contributed by atoms with E-state index in [9.17, 15) is 13.2 Å². The summed E-state index contributed by atoms with van der Waals surface area (Å²) in [6.45, 7) is 3.74. The highest BCUT2D eigenvalue weighted by Crippen LogP contribution is 2.30. The van der Waals surface area contributed by atoms with Gasteiger partial charge in [-0.3, -0.25) is 4.90 Å². The highest BCUT2D eigenvalue weighted by Gasteiger charge is 2.32. The molecule has 0 aromatic heterocycles. The second-order valence-electron chi connectivity index (χ2n) is 6.36. The lowest BCUT2D eigenvalue weighted by Gasteiger charge is -2.33. The molecule has 0 aromatic rings. The van der Waals surface area contributed by atoms with Crippen LogP contribution in [0.25, 0.3) is 0 Å². The van der Waals surface area contributed by atoms with Crippen LogP contribution in [0.15, 0.2) is 0 Å². The van der Waals surface area contributed by atoms with Crippen molar-refractivity contribution >= 4 is 0 Å². The summed E-state index contributed by atoms with van der Waals surface area (Å²) >= 11 is 0. The zero-order valence-electron chi connectivity index (χ0n) is 11.7. The Morgan fingerprint density at radius 3 is 2.32 bits per heavy atom. The van der Waals surface area contributed by atoms with Gasteiger partial charge in [0.2, 0.25) is 0 Å². The Balaban J connectivity index is 1.61. The monoisotopic (exact) mass is 278 g/mol. The minimum absolute atomic E-state index is 0.417. The van der Waals surface area contributed by atoms with Crippen molar-refractivity contribution in [3.63, 3.8) is 0 Å². The maximum atomic E-state index is 12.3. The van der Waals surface area contributed by atoms with E-state index in [0.29, 0.717) is 19.1 Å². The van der Waals surface area contributed by atoms with Crippen LogP contribution < -0.4 is 5.32 Å². The molecular formula is C14H25F3N2. The summed E-state index contributed by atoms with van der Waals surface area (Å²) < 4.78 is 36.8. The molecule has 1 heterocycles. The lowest BCUT2D eigenvalue weighted by Crippen LogP contribution is -2.46. The van der Waals surface area contributed by atoms with Crippen LogP contribution >= 0.6 is 0 Å². The molecule has 2 unspecified atom stereocenters. The van der Waals surface area contributed by atoms with Gasteiger partial charge in [-0.2, -0.15) is 13.2 Å². The van der Waals surface area contributed by atoms with Crippen LogP contribution in [0.5, 0.6) is 0 Å².